The van der Waals surface area contributed by atoms with Crippen molar-refractivity contribution in [3.8, 4) is 0 Å². The van der Waals surface area contributed by atoms with Crippen molar-refractivity contribution in [1.29, 1.82) is 0 Å². The van der Waals surface area contributed by atoms with Gasteiger partial charge in [0.05, 0.1) is 18.2 Å². The summed E-state index contributed by atoms with van der Waals surface area (Å²) in [5.74, 6) is -0.576. The van der Waals surface area contributed by atoms with Crippen LogP contribution in [0.5, 0.6) is 0 Å². The summed E-state index contributed by atoms with van der Waals surface area (Å²) in [4.78, 5) is 12.2. The number of ether oxygens (including phenoxy) is 1. The molecule has 0 spiro atoms. The van der Waals surface area contributed by atoms with Crippen molar-refractivity contribution in [1.82, 2.24) is 4.57 Å². The highest BCUT2D eigenvalue weighted by Crippen LogP contribution is 2.34. The van der Waals surface area contributed by atoms with Crippen LogP contribution in [0.4, 0.5) is 4.39 Å². The molecule has 0 radical (unpaired) electrons. The molecule has 126 valence electrons. The molecule has 0 unspecified atom stereocenters. The lowest BCUT2D eigenvalue weighted by molar-refractivity contribution is 0.0603. The molecule has 0 saturated heterocycles. The third-order valence-electron chi connectivity index (χ3n) is 4.71. The molecule has 0 aliphatic heterocycles. The fourth-order valence-corrected chi connectivity index (χ4v) is 3.63. The van der Waals surface area contributed by atoms with E-state index in [1.54, 1.807) is 18.2 Å². The van der Waals surface area contributed by atoms with E-state index in [0.717, 1.165) is 34.9 Å². The summed E-state index contributed by atoms with van der Waals surface area (Å²) < 4.78 is 20.7. The molecule has 1 aromatic heterocycles. The van der Waals surface area contributed by atoms with Gasteiger partial charge >= 0.3 is 5.97 Å². The van der Waals surface area contributed by atoms with Crippen molar-refractivity contribution >= 4 is 22.9 Å². The zero-order valence-electron chi connectivity index (χ0n) is 14.0. The molecule has 25 heavy (non-hydrogen) atoms. The van der Waals surface area contributed by atoms with Gasteiger partial charge in [0.15, 0.2) is 0 Å². The fourth-order valence-electron chi connectivity index (χ4n) is 3.63. The highest BCUT2D eigenvalue weighted by atomic mass is 19.1. The summed E-state index contributed by atoms with van der Waals surface area (Å²) >= 11 is 0. The van der Waals surface area contributed by atoms with E-state index in [-0.39, 0.29) is 11.8 Å². The smallest absolute Gasteiger partial charge is 0.338 e. The Morgan fingerprint density at radius 2 is 2.08 bits per heavy atom. The highest BCUT2D eigenvalue weighted by molar-refractivity contribution is 6.08. The Kier molecular flexibility index (Phi) is 3.88. The Morgan fingerprint density at radius 1 is 1.24 bits per heavy atom. The van der Waals surface area contributed by atoms with Gasteiger partial charge in [-0.25, -0.2) is 9.18 Å². The molecule has 0 bridgehead atoms. The SMILES string of the molecule is COC(=O)c1cccc2c1c1c(n2Cc2cccc(F)c2)CCC=C1. The normalized spacial score (nSPS) is 13.0. The van der Waals surface area contributed by atoms with Gasteiger partial charge in [-0.15, -0.1) is 0 Å². The van der Waals surface area contributed by atoms with E-state index in [2.05, 4.69) is 16.7 Å². The minimum atomic E-state index is -0.338. The standard InChI is InChI=1S/C21H18FNO2/c1-25-21(24)17-9-5-11-19-20(17)16-8-2-3-10-18(16)23(19)13-14-6-4-7-15(22)12-14/h2,4-9,11-12H,3,10,13H2,1H3. The minimum absolute atomic E-state index is 0.238. The number of allylic oxidation sites excluding steroid dienone is 1. The van der Waals surface area contributed by atoms with Crippen molar-refractivity contribution in [2.45, 2.75) is 19.4 Å². The van der Waals surface area contributed by atoms with E-state index in [9.17, 15) is 9.18 Å². The predicted molar refractivity (Wildman–Crippen MR) is 96.1 cm³/mol. The van der Waals surface area contributed by atoms with Gasteiger partial charge in [-0.05, 0) is 42.7 Å². The molecule has 3 nitrogen and oxygen atoms in total. The van der Waals surface area contributed by atoms with Crippen LogP contribution >= 0.6 is 0 Å². The average Bonchev–Trinajstić information content (AvgIpc) is 2.95. The Balaban J connectivity index is 1.95. The van der Waals surface area contributed by atoms with E-state index in [1.165, 1.54) is 18.9 Å². The van der Waals surface area contributed by atoms with E-state index in [0.29, 0.717) is 12.1 Å². The van der Waals surface area contributed by atoms with E-state index < -0.39 is 0 Å². The van der Waals surface area contributed by atoms with E-state index in [4.69, 9.17) is 4.74 Å². The van der Waals surface area contributed by atoms with Crippen LogP contribution in [-0.2, 0) is 17.7 Å². The summed E-state index contributed by atoms with van der Waals surface area (Å²) in [6.07, 6.45) is 6.06. The average molecular weight is 335 g/mol. The maximum atomic E-state index is 13.6. The van der Waals surface area contributed by atoms with Gasteiger partial charge in [0, 0.05) is 23.2 Å². The molecule has 3 aromatic rings. The number of hydrogen-bond donors (Lipinski definition) is 0. The molecule has 0 amide bonds. The zero-order chi connectivity index (χ0) is 17.4. The molecule has 1 aliphatic rings. The largest absolute Gasteiger partial charge is 0.465 e. The summed E-state index contributed by atoms with van der Waals surface area (Å²) in [7, 11) is 1.40. The van der Waals surface area contributed by atoms with Crippen LogP contribution in [0.1, 0.15) is 33.6 Å². The number of fused-ring (bicyclic) bond motifs is 3. The topological polar surface area (TPSA) is 31.2 Å². The predicted octanol–water partition coefficient (Wildman–Crippen LogP) is 4.57. The first-order valence-electron chi connectivity index (χ1n) is 8.32. The number of carbonyl (C=O) groups excluding carboxylic acids is 1. The van der Waals surface area contributed by atoms with Crippen LogP contribution < -0.4 is 0 Å². The molecule has 0 N–H and O–H groups in total. The van der Waals surface area contributed by atoms with Crippen molar-refractivity contribution in [2.75, 3.05) is 7.11 Å². The van der Waals surface area contributed by atoms with E-state index >= 15 is 0 Å². The Labute approximate surface area is 145 Å². The lowest BCUT2D eigenvalue weighted by Crippen LogP contribution is -2.06. The Bertz CT molecular complexity index is 1000. The minimum Gasteiger partial charge on any atom is -0.465 e. The quantitative estimate of drug-likeness (QED) is 0.656. The first-order chi connectivity index (χ1) is 12.2. The molecule has 0 saturated carbocycles. The number of aromatic nitrogens is 1. The van der Waals surface area contributed by atoms with Crippen LogP contribution in [0.3, 0.4) is 0 Å². The highest BCUT2D eigenvalue weighted by Gasteiger charge is 2.22. The van der Waals surface area contributed by atoms with Crippen molar-refractivity contribution in [3.05, 3.63) is 76.7 Å². The zero-order valence-corrected chi connectivity index (χ0v) is 14.0. The number of methoxy groups -OCH3 is 1. The molecular formula is C21H18FNO2. The second-order valence-electron chi connectivity index (χ2n) is 6.21. The van der Waals surface area contributed by atoms with Crippen LogP contribution in [0.15, 0.2) is 48.5 Å². The number of esters is 1. The Morgan fingerprint density at radius 3 is 2.88 bits per heavy atom. The third-order valence-corrected chi connectivity index (χ3v) is 4.71. The monoisotopic (exact) mass is 335 g/mol. The van der Waals surface area contributed by atoms with Crippen molar-refractivity contribution < 1.29 is 13.9 Å². The summed E-state index contributed by atoms with van der Waals surface area (Å²) in [6.45, 7) is 0.571. The third kappa shape index (κ3) is 2.64. The lowest BCUT2D eigenvalue weighted by Gasteiger charge is -2.13. The molecule has 0 fully saturated rings. The molecule has 4 rings (SSSR count). The second-order valence-corrected chi connectivity index (χ2v) is 6.21. The number of rotatable bonds is 3. The summed E-state index contributed by atoms with van der Waals surface area (Å²) in [5, 5.41) is 0.914. The second kappa shape index (κ2) is 6.20. The van der Waals surface area contributed by atoms with Crippen molar-refractivity contribution in [2.24, 2.45) is 0 Å². The first kappa shape index (κ1) is 15.6. The van der Waals surface area contributed by atoms with Gasteiger partial charge in [0.1, 0.15) is 5.82 Å². The summed E-state index contributed by atoms with van der Waals surface area (Å²) in [6, 6.07) is 12.3. The van der Waals surface area contributed by atoms with Crippen LogP contribution in [0, 0.1) is 5.82 Å². The van der Waals surface area contributed by atoms with Gasteiger partial charge < -0.3 is 9.30 Å². The molecular weight excluding hydrogens is 317 g/mol. The fraction of sp³-hybridized carbons (Fsp3) is 0.190. The van der Waals surface area contributed by atoms with Crippen LogP contribution in [0.25, 0.3) is 17.0 Å². The number of carbonyl (C=O) groups is 1. The number of halogens is 1. The molecule has 4 heteroatoms. The molecule has 0 atom stereocenters. The van der Waals surface area contributed by atoms with E-state index in [1.807, 2.05) is 18.2 Å². The van der Waals surface area contributed by atoms with Gasteiger partial charge in [-0.1, -0.05) is 30.4 Å². The van der Waals surface area contributed by atoms with Crippen molar-refractivity contribution in [3.63, 3.8) is 0 Å². The number of hydrogen-bond acceptors (Lipinski definition) is 2. The Hall–Kier alpha value is -2.88. The number of benzene rings is 2. The van der Waals surface area contributed by atoms with Crippen LogP contribution in [-0.4, -0.2) is 17.6 Å². The number of nitrogens with zero attached hydrogens (tertiary/aromatic N) is 1. The maximum Gasteiger partial charge on any atom is 0.338 e. The molecule has 2 aromatic carbocycles. The molecule has 1 heterocycles. The lowest BCUT2D eigenvalue weighted by atomic mass is 9.99. The van der Waals surface area contributed by atoms with Gasteiger partial charge in [-0.2, -0.15) is 0 Å². The molecule has 1 aliphatic carbocycles. The first-order valence-corrected chi connectivity index (χ1v) is 8.32. The van der Waals surface area contributed by atoms with Crippen LogP contribution in [0.2, 0.25) is 0 Å². The summed E-state index contributed by atoms with van der Waals surface area (Å²) in [5.41, 5.74) is 4.69. The maximum absolute atomic E-state index is 13.6. The van der Waals surface area contributed by atoms with Gasteiger partial charge in [0.25, 0.3) is 0 Å². The van der Waals surface area contributed by atoms with Gasteiger partial charge in [-0.3, -0.25) is 0 Å². The van der Waals surface area contributed by atoms with Gasteiger partial charge in [0.2, 0.25) is 0 Å².